The molecule has 5 heterocycles. The van der Waals surface area contributed by atoms with E-state index >= 15 is 0 Å². The number of hydrogen-bond acceptors (Lipinski definition) is 20. The number of nitrogens with two attached hydrogens (primary N) is 2. The second kappa shape index (κ2) is 39.5. The van der Waals surface area contributed by atoms with Crippen molar-refractivity contribution in [2.24, 2.45) is 29.2 Å². The predicted octanol–water partition coefficient (Wildman–Crippen LogP) is -2.37. The Morgan fingerprint density at radius 3 is 1.33 bits per heavy atom. The van der Waals surface area contributed by atoms with Crippen LogP contribution in [0.4, 0.5) is 0 Å². The molecule has 0 radical (unpaired) electrons. The van der Waals surface area contributed by atoms with Crippen LogP contribution in [-0.2, 0) is 78.3 Å². The third-order valence-electron chi connectivity index (χ3n) is 19.5. The molecule has 0 saturated carbocycles. The summed E-state index contributed by atoms with van der Waals surface area (Å²) in [5, 5.41) is 50.2. The smallest absolute Gasteiger partial charge is 0.326 e. The summed E-state index contributed by atoms with van der Waals surface area (Å²) >= 11 is 8.69. The van der Waals surface area contributed by atoms with Crippen molar-refractivity contribution in [2.75, 3.05) is 57.3 Å². The lowest BCUT2D eigenvalue weighted by molar-refractivity contribution is -0.150. The highest BCUT2D eigenvalue weighted by Gasteiger charge is 2.48. The molecule has 103 heavy (non-hydrogen) atoms. The monoisotopic (exact) mass is 1480 g/mol. The standard InChI is InChI=1S/C68H105N15O18S2/c1-36(2)53(77-63(95)55(38(5)6)78-62(94)54(37(3)4)76-56(88)41(70)24-25-52(86)87)61(93)72-42(14-7-8-26-69)58(90)73-43(32-39-20-22-40(84)23-21-39)57(89)71-33-51(85)79-27-11-17-48(79)66(98)80-28-9-15-46(80)59(91)74-44(34-102)64(96)82-30-12-18-49(82)67(99)81-29-10-16-47(81)60(92)75-45(35-103)65(97)83-31-13-19-50(83)68(100)101/h20-23,36-38,41-50,53-55,84,102-103H,7-19,24-35,69-70H2,1-6H3,(H,71,89)(H,72,93)(H,73,90)(H,74,91)(H,75,92)(H,76,88)(H,77,95)(H,78,94)(H,86,87)(H,100,101)/t41-,42-,43-,44-,45-,46-,47-,48-,49-,50-,53-,54-,55-/m0/s1. The van der Waals surface area contributed by atoms with Gasteiger partial charge < -0.3 is 93.8 Å². The Bertz CT molecular complexity index is 3240. The minimum atomic E-state index is -1.41. The lowest BCUT2D eigenvalue weighted by atomic mass is 9.97. The number of nitrogens with zero attached hydrogens (tertiary/aromatic N) is 5. The van der Waals surface area contributed by atoms with Gasteiger partial charge in [0.25, 0.3) is 0 Å². The number of unbranched alkanes of at least 4 members (excludes halogenated alkanes) is 1. The number of carbonyl (C=O) groups is 15. The molecule has 1 aromatic rings. The topological polar surface area (TPSA) is 481 Å². The summed E-state index contributed by atoms with van der Waals surface area (Å²) < 4.78 is 0. The van der Waals surface area contributed by atoms with E-state index in [1.54, 1.807) is 41.5 Å². The van der Waals surface area contributed by atoms with Crippen LogP contribution in [0.25, 0.3) is 0 Å². The first kappa shape index (κ1) is 83.6. The van der Waals surface area contributed by atoms with Gasteiger partial charge in [-0.25, -0.2) is 4.79 Å². The van der Waals surface area contributed by atoms with Crippen LogP contribution in [0.1, 0.15) is 143 Å². The number of nitrogens with one attached hydrogen (secondary N) is 8. The van der Waals surface area contributed by atoms with Crippen molar-refractivity contribution in [3.8, 4) is 5.75 Å². The van der Waals surface area contributed by atoms with Gasteiger partial charge in [0.05, 0.1) is 12.6 Å². The zero-order chi connectivity index (χ0) is 76.1. The summed E-state index contributed by atoms with van der Waals surface area (Å²) in [6.45, 7) is 10.3. The lowest BCUT2D eigenvalue weighted by Crippen LogP contribution is -2.62. The van der Waals surface area contributed by atoms with Crippen molar-refractivity contribution < 1.29 is 87.2 Å². The molecule has 5 fully saturated rings. The van der Waals surface area contributed by atoms with Gasteiger partial charge >= 0.3 is 11.9 Å². The molecule has 35 heteroatoms. The molecule has 0 unspecified atom stereocenters. The SMILES string of the molecule is CC(C)[C@H](NC(=O)[C@@H](NC(=O)[C@@H](NC(=O)[C@@H](N)CCC(=O)O)C(C)C)C(C)C)C(=O)N[C@@H](CCCCN)C(=O)N[C@@H](Cc1ccc(O)cc1)C(=O)NCC(=O)N1CCC[C@H]1C(=O)N1CCC[C@H]1C(=O)N[C@@H](CS)C(=O)N1CCC[C@H]1C(=O)N1CCC[C@H]1C(=O)N[C@@H](CS)C(=O)N1CCC[C@H]1C(=O)O. The van der Waals surface area contributed by atoms with Crippen LogP contribution in [0.2, 0.25) is 0 Å². The molecular formula is C68H105N15O18S2. The van der Waals surface area contributed by atoms with Crippen molar-refractivity contribution >= 4 is 114 Å². The van der Waals surface area contributed by atoms with Gasteiger partial charge in [-0.3, -0.25) is 67.1 Å². The van der Waals surface area contributed by atoms with Gasteiger partial charge in [-0.05, 0) is 132 Å². The van der Waals surface area contributed by atoms with Gasteiger partial charge in [-0.2, -0.15) is 25.3 Å². The largest absolute Gasteiger partial charge is 0.508 e. The molecule has 15 N–H and O–H groups in total. The van der Waals surface area contributed by atoms with Crippen molar-refractivity contribution in [3.63, 3.8) is 0 Å². The highest BCUT2D eigenvalue weighted by atomic mass is 32.1. The molecule has 5 aliphatic heterocycles. The minimum absolute atomic E-state index is 0.0155. The molecule has 13 amide bonds. The van der Waals surface area contributed by atoms with Gasteiger partial charge in [0.15, 0.2) is 0 Å². The van der Waals surface area contributed by atoms with Crippen molar-refractivity contribution in [2.45, 2.75) is 223 Å². The highest BCUT2D eigenvalue weighted by Crippen LogP contribution is 2.29. The first-order chi connectivity index (χ1) is 48.8. The average Bonchev–Trinajstić information content (AvgIpc) is 1.22. The fourth-order valence-corrected chi connectivity index (χ4v) is 14.2. The van der Waals surface area contributed by atoms with E-state index in [1.165, 1.54) is 48.8 Å². The van der Waals surface area contributed by atoms with Crippen LogP contribution >= 0.6 is 25.3 Å². The number of hydrogen-bond donors (Lipinski definition) is 15. The zero-order valence-electron chi connectivity index (χ0n) is 59.5. The number of benzene rings is 1. The van der Waals surface area contributed by atoms with E-state index in [2.05, 4.69) is 67.8 Å². The maximum absolute atomic E-state index is 14.6. The van der Waals surface area contributed by atoms with Crippen LogP contribution in [0, 0.1) is 17.8 Å². The molecule has 1 aromatic carbocycles. The Labute approximate surface area is 610 Å². The molecule has 572 valence electrons. The second-order valence-electron chi connectivity index (χ2n) is 28.1. The van der Waals surface area contributed by atoms with E-state index in [-0.39, 0.29) is 114 Å². The number of phenolic OH excluding ortho intramolecular Hbond substituents is 1. The number of aliphatic carboxylic acids is 2. The van der Waals surface area contributed by atoms with Crippen molar-refractivity contribution in [1.29, 1.82) is 0 Å². The molecule has 13 atom stereocenters. The zero-order valence-corrected chi connectivity index (χ0v) is 61.3. The molecular weight excluding hydrogens is 1380 g/mol. The molecule has 6 rings (SSSR count). The van der Waals surface area contributed by atoms with E-state index in [9.17, 15) is 82.1 Å². The van der Waals surface area contributed by atoms with Crippen LogP contribution in [0.3, 0.4) is 0 Å². The Kier molecular flexibility index (Phi) is 32.1. The third-order valence-corrected chi connectivity index (χ3v) is 20.3. The van der Waals surface area contributed by atoms with Gasteiger partial charge in [-0.15, -0.1) is 0 Å². The number of amides is 13. The number of phenols is 1. The fraction of sp³-hybridized carbons (Fsp3) is 0.691. The predicted molar refractivity (Wildman–Crippen MR) is 380 cm³/mol. The summed E-state index contributed by atoms with van der Waals surface area (Å²) in [6.07, 6.45) is 3.41. The van der Waals surface area contributed by atoms with E-state index < -0.39 is 192 Å². The second-order valence-corrected chi connectivity index (χ2v) is 28.8. The molecule has 0 spiro atoms. The Balaban J connectivity index is 1.08. The summed E-state index contributed by atoms with van der Waals surface area (Å²) in [4.78, 5) is 213. The van der Waals surface area contributed by atoms with Gasteiger partial charge in [0.2, 0.25) is 76.8 Å². The molecule has 0 bridgehead atoms. The summed E-state index contributed by atoms with van der Waals surface area (Å²) in [5.41, 5.74) is 12.2. The number of carboxylic acids is 2. The van der Waals surface area contributed by atoms with Gasteiger partial charge in [-0.1, -0.05) is 53.7 Å². The molecule has 0 aliphatic carbocycles. The average molecular weight is 1480 g/mol. The first-order valence-electron chi connectivity index (χ1n) is 35.7. The number of likely N-dealkylation sites (tertiary alicyclic amines) is 5. The number of carboxylic acid groups (broad SMARTS) is 2. The summed E-state index contributed by atoms with van der Waals surface area (Å²) in [5.74, 6) is -13.3. The van der Waals surface area contributed by atoms with Crippen molar-refractivity contribution in [3.05, 3.63) is 29.8 Å². The molecule has 33 nitrogen and oxygen atoms in total. The van der Waals surface area contributed by atoms with Crippen LogP contribution in [-0.4, -0.2) is 264 Å². The number of rotatable bonds is 36. The maximum Gasteiger partial charge on any atom is 0.326 e. The van der Waals surface area contributed by atoms with E-state index in [4.69, 9.17) is 16.6 Å². The minimum Gasteiger partial charge on any atom is -0.508 e. The van der Waals surface area contributed by atoms with E-state index in [0.29, 0.717) is 50.5 Å². The third kappa shape index (κ3) is 22.6. The number of aromatic hydroxyl groups is 1. The summed E-state index contributed by atoms with van der Waals surface area (Å²) in [6, 6.07) is -9.45. The molecule has 5 aliphatic rings. The maximum atomic E-state index is 14.6. The van der Waals surface area contributed by atoms with Crippen LogP contribution < -0.4 is 54.0 Å². The summed E-state index contributed by atoms with van der Waals surface area (Å²) in [7, 11) is 0. The Hall–Kier alpha value is -8.31. The van der Waals surface area contributed by atoms with Gasteiger partial charge in [0.1, 0.15) is 78.3 Å². The van der Waals surface area contributed by atoms with Gasteiger partial charge in [0, 0.05) is 57.1 Å². The van der Waals surface area contributed by atoms with E-state index in [0.717, 1.165) is 0 Å². The first-order valence-corrected chi connectivity index (χ1v) is 36.9. The normalized spacial score (nSPS) is 21.2. The quantitative estimate of drug-likeness (QED) is 0.0247. The van der Waals surface area contributed by atoms with Crippen LogP contribution in [0.5, 0.6) is 5.75 Å². The lowest BCUT2D eigenvalue weighted by Gasteiger charge is -2.34. The Morgan fingerprint density at radius 1 is 0.476 bits per heavy atom. The fourth-order valence-electron chi connectivity index (χ4n) is 13.7. The van der Waals surface area contributed by atoms with Crippen molar-refractivity contribution in [1.82, 2.24) is 67.0 Å². The highest BCUT2D eigenvalue weighted by molar-refractivity contribution is 7.80. The Morgan fingerprint density at radius 2 is 0.883 bits per heavy atom. The van der Waals surface area contributed by atoms with Crippen LogP contribution in [0.15, 0.2) is 24.3 Å². The van der Waals surface area contributed by atoms with E-state index in [1.807, 2.05) is 0 Å². The number of carbonyl (C=O) groups excluding carboxylic acids is 13. The number of thiol groups is 2. The molecule has 0 aromatic heterocycles. The molecule has 5 saturated heterocycles.